The molecule has 1 aromatic carbocycles. The zero-order chi connectivity index (χ0) is 20.1. The Bertz CT molecular complexity index is 978. The van der Waals surface area contributed by atoms with Gasteiger partial charge in [-0.2, -0.15) is 0 Å². The number of carbonyl (C=O) groups is 1. The van der Waals surface area contributed by atoms with E-state index < -0.39 is 22.7 Å². The number of aromatic nitrogens is 1. The zero-order valence-electron chi connectivity index (χ0n) is 15.6. The molecule has 8 heteroatoms. The molecular formula is C20H21ClFN3O2S. The minimum Gasteiger partial charge on any atom is -0.377 e. The lowest BCUT2D eigenvalue weighted by atomic mass is 9.76. The molecule has 0 saturated heterocycles. The van der Waals surface area contributed by atoms with Gasteiger partial charge in [-0.15, -0.1) is 0 Å². The van der Waals surface area contributed by atoms with Gasteiger partial charge in [0.15, 0.2) is 0 Å². The number of halogens is 2. The molecule has 1 aliphatic heterocycles. The summed E-state index contributed by atoms with van der Waals surface area (Å²) in [7, 11) is -1.35. The van der Waals surface area contributed by atoms with Gasteiger partial charge in [0.2, 0.25) is 0 Å². The Hall–Kier alpha value is -1.99. The van der Waals surface area contributed by atoms with Crippen molar-refractivity contribution in [3.8, 4) is 0 Å². The third kappa shape index (κ3) is 3.78. The highest BCUT2D eigenvalue weighted by molar-refractivity contribution is 7.84. The van der Waals surface area contributed by atoms with Crippen molar-refractivity contribution in [3.63, 3.8) is 0 Å². The van der Waals surface area contributed by atoms with Gasteiger partial charge in [0.1, 0.15) is 22.5 Å². The van der Waals surface area contributed by atoms with E-state index in [0.29, 0.717) is 6.42 Å². The monoisotopic (exact) mass is 421 g/mol. The predicted octanol–water partition coefficient (Wildman–Crippen LogP) is 4.26. The predicted molar refractivity (Wildman–Crippen MR) is 108 cm³/mol. The molecule has 2 unspecified atom stereocenters. The highest BCUT2D eigenvalue weighted by atomic mass is 35.5. The molecule has 2 aromatic rings. The lowest BCUT2D eigenvalue weighted by Gasteiger charge is -2.38. The van der Waals surface area contributed by atoms with Crippen LogP contribution in [0.5, 0.6) is 0 Å². The highest BCUT2D eigenvalue weighted by Gasteiger charge is 2.36. The van der Waals surface area contributed by atoms with E-state index in [2.05, 4.69) is 28.9 Å². The fourth-order valence-electron chi connectivity index (χ4n) is 3.50. The van der Waals surface area contributed by atoms with E-state index in [0.717, 1.165) is 29.8 Å². The van der Waals surface area contributed by atoms with Crippen molar-refractivity contribution < 1.29 is 13.4 Å². The van der Waals surface area contributed by atoms with Crippen LogP contribution in [0, 0.1) is 5.82 Å². The molecule has 1 amide bonds. The number of anilines is 1. The zero-order valence-corrected chi connectivity index (χ0v) is 17.2. The van der Waals surface area contributed by atoms with E-state index in [1.165, 1.54) is 6.07 Å². The Labute approximate surface area is 170 Å². The van der Waals surface area contributed by atoms with Gasteiger partial charge in [0, 0.05) is 5.41 Å². The first kappa shape index (κ1) is 19.3. The minimum atomic E-state index is -1.35. The molecule has 1 saturated carbocycles. The maximum Gasteiger partial charge on any atom is 0.281 e. The van der Waals surface area contributed by atoms with Crippen LogP contribution in [0.1, 0.15) is 60.9 Å². The van der Waals surface area contributed by atoms with Crippen LogP contribution in [0.15, 0.2) is 30.3 Å². The van der Waals surface area contributed by atoms with E-state index in [9.17, 15) is 13.4 Å². The van der Waals surface area contributed by atoms with Crippen molar-refractivity contribution in [3.05, 3.63) is 58.1 Å². The van der Waals surface area contributed by atoms with Crippen molar-refractivity contribution in [1.82, 2.24) is 9.71 Å². The standard InChI is InChI=1S/C20H21ClFN3O2S/c1-20(2)10-17(11-3-6-14(22)13(21)9-11)23-15-7-8-16(24-18(15)20)19(26)25-28(27)12-4-5-12/h3,6-9,12,17,23H,4-5,10H2,1-2H3,(H,25,26). The Kier molecular flexibility index (Phi) is 4.91. The second kappa shape index (κ2) is 7.12. The molecule has 2 N–H and O–H groups in total. The van der Waals surface area contributed by atoms with Crippen molar-refractivity contribution in [2.24, 2.45) is 0 Å². The number of hydrogen-bond acceptors (Lipinski definition) is 4. The summed E-state index contributed by atoms with van der Waals surface area (Å²) in [6.07, 6.45) is 2.47. The summed E-state index contributed by atoms with van der Waals surface area (Å²) in [5.74, 6) is -0.863. The van der Waals surface area contributed by atoms with Gasteiger partial charge < -0.3 is 5.32 Å². The second-order valence-electron chi connectivity index (χ2n) is 7.98. The number of carbonyl (C=O) groups excluding carboxylic acids is 1. The second-order valence-corrected chi connectivity index (χ2v) is 9.85. The van der Waals surface area contributed by atoms with Gasteiger partial charge in [-0.05, 0) is 49.1 Å². The summed E-state index contributed by atoms with van der Waals surface area (Å²) in [6.45, 7) is 4.11. The Balaban J connectivity index is 1.59. The fourth-order valence-corrected chi connectivity index (χ4v) is 4.71. The number of benzene rings is 1. The third-order valence-electron chi connectivity index (χ3n) is 5.18. The molecule has 0 spiro atoms. The Morgan fingerprint density at radius 2 is 2.07 bits per heavy atom. The SMILES string of the molecule is CC1(C)CC(c2ccc(F)c(Cl)c2)Nc2ccc(C(=O)NS(=O)C3CC3)nc21. The molecule has 2 heterocycles. The number of fused-ring (bicyclic) bond motifs is 1. The van der Waals surface area contributed by atoms with Gasteiger partial charge in [0.25, 0.3) is 5.91 Å². The average Bonchev–Trinajstić information content (AvgIpc) is 3.48. The van der Waals surface area contributed by atoms with Crippen LogP contribution in [-0.4, -0.2) is 20.3 Å². The van der Waals surface area contributed by atoms with Gasteiger partial charge in [-0.1, -0.05) is 31.5 Å². The van der Waals surface area contributed by atoms with E-state index in [1.807, 2.05) is 6.07 Å². The Morgan fingerprint density at radius 3 is 2.75 bits per heavy atom. The first-order valence-corrected chi connectivity index (χ1v) is 10.8. The average molecular weight is 422 g/mol. The van der Waals surface area contributed by atoms with Gasteiger partial charge in [0.05, 0.1) is 27.7 Å². The van der Waals surface area contributed by atoms with Crippen LogP contribution in [-0.2, 0) is 16.4 Å². The molecule has 2 atom stereocenters. The van der Waals surface area contributed by atoms with E-state index >= 15 is 0 Å². The van der Waals surface area contributed by atoms with E-state index in [4.69, 9.17) is 11.6 Å². The van der Waals surface area contributed by atoms with Crippen LogP contribution < -0.4 is 10.0 Å². The Morgan fingerprint density at radius 1 is 1.32 bits per heavy atom. The lowest BCUT2D eigenvalue weighted by molar-refractivity contribution is 0.0977. The largest absolute Gasteiger partial charge is 0.377 e. The van der Waals surface area contributed by atoms with Crippen LogP contribution >= 0.6 is 11.6 Å². The summed E-state index contributed by atoms with van der Waals surface area (Å²) >= 11 is 5.94. The summed E-state index contributed by atoms with van der Waals surface area (Å²) in [6, 6.07) is 8.12. The minimum absolute atomic E-state index is 0.0514. The molecule has 28 heavy (non-hydrogen) atoms. The number of hydrogen-bond donors (Lipinski definition) is 2. The fraction of sp³-hybridized carbons (Fsp3) is 0.400. The number of nitrogens with zero attached hydrogens (tertiary/aromatic N) is 1. The van der Waals surface area contributed by atoms with Crippen LogP contribution in [0.3, 0.4) is 0 Å². The maximum absolute atomic E-state index is 13.5. The molecule has 148 valence electrons. The van der Waals surface area contributed by atoms with Crippen molar-refractivity contribution in [1.29, 1.82) is 0 Å². The number of rotatable bonds is 4. The van der Waals surface area contributed by atoms with Gasteiger partial charge in [-0.25, -0.2) is 13.6 Å². The first-order chi connectivity index (χ1) is 13.2. The van der Waals surface area contributed by atoms with Gasteiger partial charge in [-0.3, -0.25) is 9.52 Å². The van der Waals surface area contributed by atoms with Crippen LogP contribution in [0.2, 0.25) is 5.02 Å². The van der Waals surface area contributed by atoms with Crippen LogP contribution in [0.25, 0.3) is 0 Å². The van der Waals surface area contributed by atoms with E-state index in [1.54, 1.807) is 18.2 Å². The number of nitrogens with one attached hydrogen (secondary N) is 2. The molecule has 0 bridgehead atoms. The van der Waals surface area contributed by atoms with E-state index in [-0.39, 0.29) is 27.4 Å². The molecule has 1 aliphatic carbocycles. The summed E-state index contributed by atoms with van der Waals surface area (Å²) in [4.78, 5) is 17.0. The molecule has 5 nitrogen and oxygen atoms in total. The van der Waals surface area contributed by atoms with Crippen molar-refractivity contribution in [2.75, 3.05) is 5.32 Å². The smallest absolute Gasteiger partial charge is 0.281 e. The molecule has 4 rings (SSSR count). The normalized spacial score (nSPS) is 21.4. The number of amides is 1. The summed E-state index contributed by atoms with van der Waals surface area (Å²) in [5.41, 5.74) is 2.43. The maximum atomic E-state index is 13.5. The molecular weight excluding hydrogens is 401 g/mol. The third-order valence-corrected chi connectivity index (χ3v) is 6.93. The number of pyridine rings is 1. The van der Waals surface area contributed by atoms with Crippen molar-refractivity contribution >= 4 is 34.2 Å². The topological polar surface area (TPSA) is 71.1 Å². The molecule has 0 radical (unpaired) electrons. The first-order valence-electron chi connectivity index (χ1n) is 9.19. The summed E-state index contributed by atoms with van der Waals surface area (Å²) < 4.78 is 28.0. The summed E-state index contributed by atoms with van der Waals surface area (Å²) in [5, 5.41) is 3.58. The highest BCUT2D eigenvalue weighted by Crippen LogP contribution is 2.43. The molecule has 2 aliphatic rings. The quantitative estimate of drug-likeness (QED) is 0.773. The lowest BCUT2D eigenvalue weighted by Crippen LogP contribution is -2.34. The molecule has 1 fully saturated rings. The van der Waals surface area contributed by atoms with Gasteiger partial charge >= 0.3 is 0 Å². The molecule has 1 aromatic heterocycles. The van der Waals surface area contributed by atoms with Crippen LogP contribution in [0.4, 0.5) is 10.1 Å². The van der Waals surface area contributed by atoms with Crippen molar-refractivity contribution in [2.45, 2.75) is 49.8 Å².